The van der Waals surface area contributed by atoms with Crippen molar-refractivity contribution in [2.24, 2.45) is 0 Å². The average molecular weight is 397 g/mol. The molecule has 9 heteroatoms. The fraction of sp³-hybridized carbons (Fsp3) is 0.526. The molecule has 1 N–H and O–H groups in total. The minimum Gasteiger partial charge on any atom is -0.345 e. The third kappa shape index (κ3) is 4.13. The second kappa shape index (κ2) is 7.81. The lowest BCUT2D eigenvalue weighted by molar-refractivity contribution is -0.140. The Kier molecular flexibility index (Phi) is 5.62. The molecular weight excluding hydrogens is 375 g/mol. The van der Waals surface area contributed by atoms with Crippen LogP contribution < -0.4 is 10.2 Å². The average Bonchev–Trinajstić information content (AvgIpc) is 3.30. The number of nitrogens with one attached hydrogen (secondary N) is 1. The second-order valence-electron chi connectivity index (χ2n) is 6.98. The first kappa shape index (κ1) is 20.2. The Balaban J connectivity index is 1.73. The van der Waals surface area contributed by atoms with E-state index in [0.717, 1.165) is 11.3 Å². The van der Waals surface area contributed by atoms with Gasteiger partial charge >= 0.3 is 6.18 Å². The van der Waals surface area contributed by atoms with Gasteiger partial charge in [0.15, 0.2) is 0 Å². The summed E-state index contributed by atoms with van der Waals surface area (Å²) < 4.78 is 37.0. The van der Waals surface area contributed by atoms with Gasteiger partial charge < -0.3 is 15.1 Å². The summed E-state index contributed by atoms with van der Waals surface area (Å²) in [5, 5.41) is 1.87. The SMILES string of the molecule is CCC(=O)N1CCc2cc(C(=O)N3CCCC3C(=O)NCC(F)(F)F)ccc21. The zero-order valence-electron chi connectivity index (χ0n) is 15.5. The summed E-state index contributed by atoms with van der Waals surface area (Å²) in [5.41, 5.74) is 2.04. The zero-order valence-corrected chi connectivity index (χ0v) is 15.5. The first-order valence-electron chi connectivity index (χ1n) is 9.30. The molecule has 2 aliphatic rings. The maximum atomic E-state index is 12.9. The minimum atomic E-state index is -4.50. The van der Waals surface area contributed by atoms with Crippen LogP contribution in [-0.2, 0) is 16.0 Å². The third-order valence-electron chi connectivity index (χ3n) is 5.10. The summed E-state index contributed by atoms with van der Waals surface area (Å²) in [7, 11) is 0. The van der Waals surface area contributed by atoms with Gasteiger partial charge in [-0.05, 0) is 43.0 Å². The van der Waals surface area contributed by atoms with Crippen molar-refractivity contribution in [3.05, 3.63) is 29.3 Å². The number of benzene rings is 1. The number of hydrogen-bond donors (Lipinski definition) is 1. The molecule has 2 aliphatic heterocycles. The fourth-order valence-corrected chi connectivity index (χ4v) is 3.74. The van der Waals surface area contributed by atoms with E-state index in [2.05, 4.69) is 0 Å². The van der Waals surface area contributed by atoms with Gasteiger partial charge in [-0.2, -0.15) is 13.2 Å². The van der Waals surface area contributed by atoms with E-state index >= 15 is 0 Å². The standard InChI is InChI=1S/C19H22F3N3O3/c1-2-16(26)24-9-7-12-10-13(5-6-14(12)24)18(28)25-8-3-4-15(25)17(27)23-11-19(20,21)22/h5-6,10,15H,2-4,7-9,11H2,1H3,(H,23,27). The molecule has 0 aromatic heterocycles. The molecule has 1 aromatic carbocycles. The van der Waals surface area contributed by atoms with Gasteiger partial charge in [-0.15, -0.1) is 0 Å². The molecule has 28 heavy (non-hydrogen) atoms. The van der Waals surface area contributed by atoms with E-state index < -0.39 is 24.7 Å². The Morgan fingerprint density at radius 1 is 1.21 bits per heavy atom. The van der Waals surface area contributed by atoms with Crippen LogP contribution in [0.15, 0.2) is 18.2 Å². The second-order valence-corrected chi connectivity index (χ2v) is 6.98. The number of carbonyl (C=O) groups is 3. The number of amides is 3. The first-order chi connectivity index (χ1) is 13.2. The van der Waals surface area contributed by atoms with Gasteiger partial charge in [0.2, 0.25) is 11.8 Å². The van der Waals surface area contributed by atoms with Gasteiger partial charge in [0.05, 0.1) is 0 Å². The molecule has 3 rings (SSSR count). The van der Waals surface area contributed by atoms with Crippen molar-refractivity contribution in [1.29, 1.82) is 0 Å². The maximum Gasteiger partial charge on any atom is 0.405 e. The van der Waals surface area contributed by atoms with Crippen LogP contribution in [-0.4, -0.2) is 54.5 Å². The molecule has 1 saturated heterocycles. The number of nitrogens with zero attached hydrogens (tertiary/aromatic N) is 2. The van der Waals surface area contributed by atoms with Crippen LogP contribution in [0.1, 0.15) is 42.1 Å². The van der Waals surface area contributed by atoms with E-state index in [9.17, 15) is 27.6 Å². The number of likely N-dealkylation sites (tertiary alicyclic amines) is 1. The van der Waals surface area contributed by atoms with Crippen LogP contribution in [0, 0.1) is 0 Å². The van der Waals surface area contributed by atoms with Crippen molar-refractivity contribution < 1.29 is 27.6 Å². The van der Waals surface area contributed by atoms with Crippen LogP contribution >= 0.6 is 0 Å². The number of anilines is 1. The van der Waals surface area contributed by atoms with Gasteiger partial charge in [0.1, 0.15) is 12.6 Å². The van der Waals surface area contributed by atoms with Crippen molar-refractivity contribution in [2.75, 3.05) is 24.5 Å². The number of hydrogen-bond acceptors (Lipinski definition) is 3. The number of alkyl halides is 3. The van der Waals surface area contributed by atoms with Crippen molar-refractivity contribution in [3.63, 3.8) is 0 Å². The molecule has 0 aliphatic carbocycles. The lowest BCUT2D eigenvalue weighted by Gasteiger charge is -2.24. The molecule has 0 spiro atoms. The summed E-state index contributed by atoms with van der Waals surface area (Å²) >= 11 is 0. The molecule has 1 fully saturated rings. The molecule has 1 unspecified atom stereocenters. The van der Waals surface area contributed by atoms with E-state index in [4.69, 9.17) is 0 Å². The molecule has 2 heterocycles. The number of carbonyl (C=O) groups excluding carboxylic acids is 3. The molecule has 6 nitrogen and oxygen atoms in total. The van der Waals surface area contributed by atoms with Gasteiger partial charge in [-0.25, -0.2) is 0 Å². The third-order valence-corrected chi connectivity index (χ3v) is 5.10. The summed E-state index contributed by atoms with van der Waals surface area (Å²) in [4.78, 5) is 40.0. The summed E-state index contributed by atoms with van der Waals surface area (Å²) in [5.74, 6) is -1.16. The van der Waals surface area contributed by atoms with Crippen LogP contribution in [0.3, 0.4) is 0 Å². The maximum absolute atomic E-state index is 12.9. The van der Waals surface area contributed by atoms with Gasteiger partial charge in [-0.1, -0.05) is 6.92 Å². The van der Waals surface area contributed by atoms with E-state index in [0.29, 0.717) is 44.3 Å². The van der Waals surface area contributed by atoms with Gasteiger partial charge in [-0.3, -0.25) is 14.4 Å². The fourth-order valence-electron chi connectivity index (χ4n) is 3.74. The number of rotatable bonds is 4. The molecule has 1 atom stereocenters. The largest absolute Gasteiger partial charge is 0.405 e. The first-order valence-corrected chi connectivity index (χ1v) is 9.30. The predicted octanol–water partition coefficient (Wildman–Crippen LogP) is 2.27. The molecule has 3 amide bonds. The van der Waals surface area contributed by atoms with Crippen molar-refractivity contribution in [3.8, 4) is 0 Å². The highest BCUT2D eigenvalue weighted by Crippen LogP contribution is 2.30. The summed E-state index contributed by atoms with van der Waals surface area (Å²) in [6, 6.07) is 4.13. The Hall–Kier alpha value is -2.58. The highest BCUT2D eigenvalue weighted by Gasteiger charge is 2.37. The molecule has 0 radical (unpaired) electrons. The summed E-state index contributed by atoms with van der Waals surface area (Å²) in [6.45, 7) is 1.26. The van der Waals surface area contributed by atoms with Crippen molar-refractivity contribution in [2.45, 2.75) is 44.8 Å². The number of halogens is 3. The van der Waals surface area contributed by atoms with Crippen LogP contribution in [0.2, 0.25) is 0 Å². The van der Waals surface area contributed by atoms with E-state index in [-0.39, 0.29) is 11.8 Å². The number of fused-ring (bicyclic) bond motifs is 1. The highest BCUT2D eigenvalue weighted by atomic mass is 19.4. The van der Waals surface area contributed by atoms with Gasteiger partial charge in [0.25, 0.3) is 5.91 Å². The van der Waals surface area contributed by atoms with E-state index in [1.807, 2.05) is 5.32 Å². The lowest BCUT2D eigenvalue weighted by atomic mass is 10.1. The van der Waals surface area contributed by atoms with Crippen molar-refractivity contribution in [1.82, 2.24) is 10.2 Å². The minimum absolute atomic E-state index is 0.0127. The van der Waals surface area contributed by atoms with E-state index in [1.165, 1.54) is 4.90 Å². The quantitative estimate of drug-likeness (QED) is 0.848. The topological polar surface area (TPSA) is 69.7 Å². The highest BCUT2D eigenvalue weighted by molar-refractivity contribution is 6.00. The molecule has 152 valence electrons. The van der Waals surface area contributed by atoms with Crippen LogP contribution in [0.5, 0.6) is 0 Å². The predicted molar refractivity (Wildman–Crippen MR) is 95.9 cm³/mol. The molecule has 1 aromatic rings. The Labute approximate surface area is 160 Å². The van der Waals surface area contributed by atoms with Gasteiger partial charge in [0, 0.05) is 30.8 Å². The zero-order chi connectivity index (χ0) is 20.5. The lowest BCUT2D eigenvalue weighted by Crippen LogP contribution is -2.48. The van der Waals surface area contributed by atoms with Crippen LogP contribution in [0.4, 0.5) is 18.9 Å². The van der Waals surface area contributed by atoms with Crippen LogP contribution in [0.25, 0.3) is 0 Å². The normalized spacial score (nSPS) is 18.9. The Morgan fingerprint density at radius 2 is 1.96 bits per heavy atom. The Bertz CT molecular complexity index is 794. The monoisotopic (exact) mass is 397 g/mol. The summed E-state index contributed by atoms with van der Waals surface area (Å²) in [6.07, 6.45) is -2.58. The Morgan fingerprint density at radius 3 is 2.64 bits per heavy atom. The smallest absolute Gasteiger partial charge is 0.345 e. The molecule has 0 bridgehead atoms. The van der Waals surface area contributed by atoms with E-state index in [1.54, 1.807) is 30.0 Å². The molecular formula is C19H22F3N3O3. The van der Waals surface area contributed by atoms with Crippen molar-refractivity contribution >= 4 is 23.4 Å². The molecule has 0 saturated carbocycles.